The molecule has 1 heterocycles. The van der Waals surface area contributed by atoms with E-state index in [9.17, 15) is 0 Å². The molecule has 0 saturated heterocycles. The van der Waals surface area contributed by atoms with E-state index in [4.69, 9.17) is 0 Å². The van der Waals surface area contributed by atoms with Crippen LogP contribution in [0.3, 0.4) is 0 Å². The second kappa shape index (κ2) is 7.60. The number of aryl methyl sites for hydroxylation is 2. The molecule has 0 unspecified atom stereocenters. The summed E-state index contributed by atoms with van der Waals surface area (Å²) in [7, 11) is 2.07. The van der Waals surface area contributed by atoms with Gasteiger partial charge in [0.25, 0.3) is 0 Å². The molecule has 3 aromatic carbocycles. The average molecular weight is 396 g/mol. The van der Waals surface area contributed by atoms with Crippen molar-refractivity contribution >= 4 is 10.8 Å². The Kier molecular flexibility index (Phi) is 5.46. The maximum Gasteiger partial charge on any atom is 3.00 e. The molecule has 116 valence electrons. The molecule has 0 N–H and O–H groups in total. The Labute approximate surface area is 174 Å². The van der Waals surface area contributed by atoms with Gasteiger partial charge in [-0.15, -0.1) is 42.0 Å². The van der Waals surface area contributed by atoms with Crippen molar-refractivity contribution in [2.24, 2.45) is 7.05 Å². The topological polar surface area (TPSA) is 3.88 Å². The molecule has 0 aliphatic carbocycles. The predicted molar refractivity (Wildman–Crippen MR) is 97.2 cm³/mol. The molecule has 2 heteroatoms. The summed E-state index contributed by atoms with van der Waals surface area (Å²) in [5.41, 5.74) is 5.60. The van der Waals surface area contributed by atoms with Crippen molar-refractivity contribution in [1.82, 2.24) is 0 Å². The molecule has 0 radical (unpaired) electrons. The van der Waals surface area contributed by atoms with Gasteiger partial charge < -0.3 is 0 Å². The van der Waals surface area contributed by atoms with Gasteiger partial charge in [0.1, 0.15) is 12.7 Å². The Morgan fingerprint density at radius 1 is 0.840 bits per heavy atom. The number of benzene rings is 3. The van der Waals surface area contributed by atoms with E-state index in [0.29, 0.717) is 0 Å². The van der Waals surface area contributed by atoms with Gasteiger partial charge in [-0.1, -0.05) is 23.3 Å². The molecule has 4 aromatic rings. The third-order valence-electron chi connectivity index (χ3n) is 4.35. The van der Waals surface area contributed by atoms with Crippen LogP contribution in [0, 0.1) is 25.1 Å². The quantitative estimate of drug-likeness (QED) is 0.342. The van der Waals surface area contributed by atoms with E-state index < -0.39 is 0 Å². The largest absolute Gasteiger partial charge is 3.00 e. The summed E-state index contributed by atoms with van der Waals surface area (Å²) >= 11 is 0. The summed E-state index contributed by atoms with van der Waals surface area (Å²) in [6.07, 6.45) is 2.10. The third kappa shape index (κ3) is 3.45. The van der Waals surface area contributed by atoms with Crippen molar-refractivity contribution in [3.05, 3.63) is 90.6 Å². The molecule has 1 nitrogen and oxygen atoms in total. The first-order valence-corrected chi connectivity index (χ1v) is 8.03. The molecule has 0 spiro atoms. The van der Waals surface area contributed by atoms with Gasteiger partial charge in [0.2, 0.25) is 0 Å². The zero-order valence-corrected chi connectivity index (χ0v) is 17.2. The van der Waals surface area contributed by atoms with Gasteiger partial charge in [-0.3, -0.25) is 0 Å². The van der Waals surface area contributed by atoms with E-state index in [0.717, 1.165) is 27.8 Å². The van der Waals surface area contributed by atoms with Crippen LogP contribution in [0.4, 0.5) is 0 Å². The second-order valence-electron chi connectivity index (χ2n) is 5.98. The van der Waals surface area contributed by atoms with Crippen LogP contribution in [0.15, 0.2) is 66.9 Å². The van der Waals surface area contributed by atoms with Crippen molar-refractivity contribution < 1.29 is 37.3 Å². The van der Waals surface area contributed by atoms with Crippen molar-refractivity contribution in [2.75, 3.05) is 0 Å². The summed E-state index contributed by atoms with van der Waals surface area (Å²) in [5, 5.41) is 2.29. The maximum atomic E-state index is 3.61. The van der Waals surface area contributed by atoms with Gasteiger partial charge in [0.15, 0.2) is 6.20 Å². The molecule has 0 aliphatic rings. The van der Waals surface area contributed by atoms with Gasteiger partial charge >= 0.3 is 32.7 Å². The number of fused-ring (bicyclic) bond motifs is 1. The smallest absolute Gasteiger partial charge is 0.235 e. The van der Waals surface area contributed by atoms with Crippen LogP contribution in [-0.4, -0.2) is 0 Å². The van der Waals surface area contributed by atoms with E-state index in [1.165, 1.54) is 10.9 Å². The van der Waals surface area contributed by atoms with Crippen LogP contribution in [0.5, 0.6) is 0 Å². The molecule has 0 amide bonds. The van der Waals surface area contributed by atoms with E-state index in [1.54, 1.807) is 0 Å². The van der Waals surface area contributed by atoms with Crippen LogP contribution < -0.4 is 4.57 Å². The monoisotopic (exact) mass is 396 g/mol. The fourth-order valence-electron chi connectivity index (χ4n) is 3.08. The molecular formula is C23H17NY+. The summed E-state index contributed by atoms with van der Waals surface area (Å²) in [5.74, 6) is 0. The summed E-state index contributed by atoms with van der Waals surface area (Å²) < 4.78 is 2.15. The Hall–Kier alpha value is -1.83. The van der Waals surface area contributed by atoms with Crippen molar-refractivity contribution in [3.8, 4) is 22.4 Å². The van der Waals surface area contributed by atoms with Gasteiger partial charge in [-0.25, -0.2) is 10.1 Å². The molecule has 25 heavy (non-hydrogen) atoms. The van der Waals surface area contributed by atoms with Gasteiger partial charge in [-0.05, 0) is 6.07 Å². The molecule has 4 rings (SSSR count). The standard InChI is InChI=1S/C23H17N.Y/c1-17-8-6-7-11-21(17)23-22-16-20(18-9-4-3-5-10-18)13-12-19(22)14-15-24(23)2;/h3-9,12-15H,1-2H3;/q-2;+3. The zero-order valence-electron chi connectivity index (χ0n) is 14.4. The number of pyridine rings is 1. The minimum Gasteiger partial charge on any atom is -0.235 e. The zero-order chi connectivity index (χ0) is 16.5. The minimum absolute atomic E-state index is 0. The molecular weight excluding hydrogens is 379 g/mol. The first kappa shape index (κ1) is 18.0. The fraction of sp³-hybridized carbons (Fsp3) is 0.0870. The first-order chi connectivity index (χ1) is 11.7. The Balaban J connectivity index is 0.00000182. The van der Waals surface area contributed by atoms with Crippen LogP contribution in [0.2, 0.25) is 0 Å². The van der Waals surface area contributed by atoms with E-state index >= 15 is 0 Å². The van der Waals surface area contributed by atoms with E-state index in [1.807, 2.05) is 30.3 Å². The Bertz CT molecular complexity index is 1020. The van der Waals surface area contributed by atoms with E-state index in [2.05, 4.69) is 73.3 Å². The van der Waals surface area contributed by atoms with Crippen LogP contribution in [-0.2, 0) is 39.8 Å². The molecule has 0 fully saturated rings. The molecule has 0 saturated carbocycles. The Morgan fingerprint density at radius 3 is 2.44 bits per heavy atom. The summed E-state index contributed by atoms with van der Waals surface area (Å²) in [4.78, 5) is 0. The number of aromatic nitrogens is 1. The number of nitrogens with zero attached hydrogens (tertiary/aromatic N) is 1. The van der Waals surface area contributed by atoms with Crippen LogP contribution in [0.25, 0.3) is 33.2 Å². The average Bonchev–Trinajstić information content (AvgIpc) is 2.63. The number of hydrogen-bond donors (Lipinski definition) is 0. The van der Waals surface area contributed by atoms with Gasteiger partial charge in [0, 0.05) is 0 Å². The number of hydrogen-bond acceptors (Lipinski definition) is 0. The minimum atomic E-state index is 0. The normalized spacial score (nSPS) is 10.5. The number of rotatable bonds is 2. The van der Waals surface area contributed by atoms with Crippen molar-refractivity contribution in [2.45, 2.75) is 6.92 Å². The second-order valence-corrected chi connectivity index (χ2v) is 5.98. The fourth-order valence-corrected chi connectivity index (χ4v) is 3.08. The summed E-state index contributed by atoms with van der Waals surface area (Å²) in [6, 6.07) is 30.8. The van der Waals surface area contributed by atoms with Crippen molar-refractivity contribution in [1.29, 1.82) is 0 Å². The van der Waals surface area contributed by atoms with Gasteiger partial charge in [0.05, 0.1) is 0 Å². The van der Waals surface area contributed by atoms with Crippen LogP contribution in [0.1, 0.15) is 5.56 Å². The summed E-state index contributed by atoms with van der Waals surface area (Å²) in [6.45, 7) is 2.12. The molecule has 0 atom stereocenters. The van der Waals surface area contributed by atoms with Crippen molar-refractivity contribution in [3.63, 3.8) is 0 Å². The first-order valence-electron chi connectivity index (χ1n) is 8.03. The predicted octanol–water partition coefficient (Wildman–Crippen LogP) is 4.70. The van der Waals surface area contributed by atoms with E-state index in [-0.39, 0.29) is 32.7 Å². The maximum absolute atomic E-state index is 3.61. The van der Waals surface area contributed by atoms with Crippen LogP contribution >= 0.6 is 0 Å². The SMILES string of the molecule is Cc1ccc[c-]c1-c1c2[c-]c(-c3[c-]cccc3)ccc2cc[n+]1C.[Y+3]. The Morgan fingerprint density at radius 2 is 1.68 bits per heavy atom. The molecule has 1 aromatic heterocycles. The van der Waals surface area contributed by atoms with Gasteiger partial charge in [-0.2, -0.15) is 42.0 Å². The molecule has 0 bridgehead atoms. The molecule has 0 aliphatic heterocycles. The third-order valence-corrected chi connectivity index (χ3v) is 4.35.